The first kappa shape index (κ1) is 30.0. The van der Waals surface area contributed by atoms with E-state index in [0.717, 1.165) is 18.5 Å². The van der Waals surface area contributed by atoms with Gasteiger partial charge in [0.25, 0.3) is 0 Å². The number of rotatable bonds is 14. The molecule has 3 rings (SSSR count). The number of benzene rings is 2. The maximum absolute atomic E-state index is 13.4. The molecule has 0 bridgehead atoms. The molecule has 1 aliphatic heterocycles. The second kappa shape index (κ2) is 15.1. The minimum Gasteiger partial charge on any atom is -0.508 e. The molecule has 0 aromatic heterocycles. The zero-order valence-corrected chi connectivity index (χ0v) is 22.7. The van der Waals surface area contributed by atoms with Crippen LogP contribution in [0.1, 0.15) is 30.4 Å². The highest BCUT2D eigenvalue weighted by Crippen LogP contribution is 2.13. The first-order valence-corrected chi connectivity index (χ1v) is 14.3. The maximum atomic E-state index is 13.4. The lowest BCUT2D eigenvalue weighted by atomic mass is 10.0. The molecule has 39 heavy (non-hydrogen) atoms. The van der Waals surface area contributed by atoms with Crippen LogP contribution < -0.4 is 21.3 Å². The lowest BCUT2D eigenvalue weighted by Gasteiger charge is -2.25. The Morgan fingerprint density at radius 3 is 2.13 bits per heavy atom. The number of hydrogen-bond acceptors (Lipinski definition) is 7. The summed E-state index contributed by atoms with van der Waals surface area (Å²) in [6.07, 6.45) is 3.96. The Morgan fingerprint density at radius 2 is 1.51 bits per heavy atom. The van der Waals surface area contributed by atoms with Gasteiger partial charge in [0.2, 0.25) is 17.7 Å². The molecule has 1 fully saturated rings. The van der Waals surface area contributed by atoms with Gasteiger partial charge in [-0.1, -0.05) is 42.5 Å². The van der Waals surface area contributed by atoms with Crippen molar-refractivity contribution in [3.63, 3.8) is 0 Å². The fourth-order valence-electron chi connectivity index (χ4n) is 4.36. The van der Waals surface area contributed by atoms with E-state index in [-0.39, 0.29) is 30.5 Å². The first-order valence-electron chi connectivity index (χ1n) is 12.9. The fourth-order valence-corrected chi connectivity index (χ4v) is 4.83. The molecule has 0 aliphatic carbocycles. The van der Waals surface area contributed by atoms with Gasteiger partial charge in [0.1, 0.15) is 23.9 Å². The first-order chi connectivity index (χ1) is 18.8. The number of nitrogens with one attached hydrogen (secondary N) is 4. The fraction of sp³-hybridized carbons (Fsp3) is 0.429. The highest BCUT2D eigenvalue weighted by molar-refractivity contribution is 7.98. The number of thioether (sulfide) groups is 1. The summed E-state index contributed by atoms with van der Waals surface area (Å²) in [4.78, 5) is 51.5. The second-order valence-corrected chi connectivity index (χ2v) is 10.5. The van der Waals surface area contributed by atoms with Crippen molar-refractivity contribution < 1.29 is 29.4 Å². The van der Waals surface area contributed by atoms with Crippen LogP contribution in [0.2, 0.25) is 0 Å². The van der Waals surface area contributed by atoms with E-state index in [9.17, 15) is 29.4 Å². The molecule has 2 aromatic carbocycles. The van der Waals surface area contributed by atoms with E-state index in [4.69, 9.17) is 0 Å². The Kier molecular flexibility index (Phi) is 11.6. The van der Waals surface area contributed by atoms with Crippen LogP contribution in [0.4, 0.5) is 0 Å². The van der Waals surface area contributed by atoms with Gasteiger partial charge in [-0.2, -0.15) is 11.8 Å². The summed E-state index contributed by atoms with van der Waals surface area (Å²) >= 11 is 1.53. The molecule has 2 aromatic rings. The van der Waals surface area contributed by atoms with Gasteiger partial charge in [-0.3, -0.25) is 14.4 Å². The van der Waals surface area contributed by atoms with Crippen molar-refractivity contribution in [1.82, 2.24) is 21.3 Å². The quantitative estimate of drug-likeness (QED) is 0.203. The van der Waals surface area contributed by atoms with Crippen LogP contribution in [0.3, 0.4) is 0 Å². The van der Waals surface area contributed by atoms with Crippen molar-refractivity contribution in [2.45, 2.75) is 56.3 Å². The number of carbonyl (C=O) groups is 4. The monoisotopic (exact) mass is 556 g/mol. The van der Waals surface area contributed by atoms with Crippen molar-refractivity contribution in [3.8, 4) is 5.75 Å². The highest BCUT2D eigenvalue weighted by atomic mass is 32.2. The molecule has 0 radical (unpaired) electrons. The molecule has 11 heteroatoms. The zero-order valence-electron chi connectivity index (χ0n) is 21.9. The third-order valence-corrected chi connectivity index (χ3v) is 7.17. The molecule has 0 spiro atoms. The molecule has 1 aliphatic rings. The topological polar surface area (TPSA) is 157 Å². The number of aromatic hydroxyl groups is 1. The van der Waals surface area contributed by atoms with Gasteiger partial charge >= 0.3 is 5.97 Å². The average Bonchev–Trinajstić information content (AvgIpc) is 3.47. The van der Waals surface area contributed by atoms with E-state index in [1.807, 2.05) is 12.3 Å². The number of carboxylic acid groups (broad SMARTS) is 1. The van der Waals surface area contributed by atoms with Crippen LogP contribution >= 0.6 is 11.8 Å². The molecule has 1 heterocycles. The second-order valence-electron chi connectivity index (χ2n) is 9.51. The van der Waals surface area contributed by atoms with Gasteiger partial charge in [0.05, 0.1) is 6.04 Å². The summed E-state index contributed by atoms with van der Waals surface area (Å²) in [5.74, 6) is -1.98. The Bertz CT molecular complexity index is 1110. The van der Waals surface area contributed by atoms with Crippen LogP contribution in [0, 0.1) is 0 Å². The van der Waals surface area contributed by atoms with Crippen molar-refractivity contribution in [2.24, 2.45) is 0 Å². The third-order valence-electron chi connectivity index (χ3n) is 6.53. The predicted molar refractivity (Wildman–Crippen MR) is 149 cm³/mol. The summed E-state index contributed by atoms with van der Waals surface area (Å²) < 4.78 is 0. The number of phenolic OH excluding ortho intramolecular Hbond substituents is 1. The van der Waals surface area contributed by atoms with E-state index in [0.29, 0.717) is 24.2 Å². The van der Waals surface area contributed by atoms with Gasteiger partial charge in [-0.05, 0) is 61.1 Å². The van der Waals surface area contributed by atoms with Crippen LogP contribution in [-0.4, -0.2) is 76.6 Å². The van der Waals surface area contributed by atoms with Crippen molar-refractivity contribution in [1.29, 1.82) is 0 Å². The van der Waals surface area contributed by atoms with E-state index in [2.05, 4.69) is 21.3 Å². The summed E-state index contributed by atoms with van der Waals surface area (Å²) in [5, 5.41) is 30.6. The largest absolute Gasteiger partial charge is 0.508 e. The summed E-state index contributed by atoms with van der Waals surface area (Å²) in [5.41, 5.74) is 1.40. The Hall–Kier alpha value is -3.57. The lowest BCUT2D eigenvalue weighted by molar-refractivity contribution is -0.142. The average molecular weight is 557 g/mol. The van der Waals surface area contributed by atoms with Gasteiger partial charge in [0.15, 0.2) is 0 Å². The SMILES string of the molecule is CSCCC(NC(=O)C1CCCN1)C(=O)NC(Cc1ccc(O)cc1)C(=O)NC(Cc1ccccc1)C(=O)O. The molecular formula is C28H36N4O6S. The smallest absolute Gasteiger partial charge is 0.326 e. The number of amides is 3. The van der Waals surface area contributed by atoms with Crippen molar-refractivity contribution in [3.05, 3.63) is 65.7 Å². The van der Waals surface area contributed by atoms with Crippen molar-refractivity contribution >= 4 is 35.5 Å². The third kappa shape index (κ3) is 9.60. The molecule has 4 atom stereocenters. The summed E-state index contributed by atoms with van der Waals surface area (Å²) in [6, 6.07) is 11.6. The molecule has 6 N–H and O–H groups in total. The van der Waals surface area contributed by atoms with Gasteiger partial charge < -0.3 is 31.5 Å². The van der Waals surface area contributed by atoms with Gasteiger partial charge in [-0.15, -0.1) is 0 Å². The minimum absolute atomic E-state index is 0.0537. The van der Waals surface area contributed by atoms with Crippen LogP contribution in [-0.2, 0) is 32.0 Å². The molecule has 10 nitrogen and oxygen atoms in total. The van der Waals surface area contributed by atoms with Crippen LogP contribution in [0.25, 0.3) is 0 Å². The number of aliphatic carboxylic acids is 1. The van der Waals surface area contributed by atoms with E-state index in [1.54, 1.807) is 36.4 Å². The number of phenols is 1. The van der Waals surface area contributed by atoms with Crippen LogP contribution in [0.5, 0.6) is 5.75 Å². The van der Waals surface area contributed by atoms with E-state index < -0.39 is 35.9 Å². The zero-order chi connectivity index (χ0) is 28.2. The van der Waals surface area contributed by atoms with Crippen LogP contribution in [0.15, 0.2) is 54.6 Å². The number of hydrogen-bond donors (Lipinski definition) is 6. The maximum Gasteiger partial charge on any atom is 0.326 e. The van der Waals surface area contributed by atoms with E-state index >= 15 is 0 Å². The number of carboxylic acids is 1. The highest BCUT2D eigenvalue weighted by Gasteiger charge is 2.31. The standard InChI is InChI=1S/C28H36N4O6S/c1-39-15-13-22(30-25(34)21-8-5-14-29-21)26(35)31-23(16-19-9-11-20(33)12-10-19)27(36)32-24(28(37)38)17-18-6-3-2-4-7-18/h2-4,6-7,9-12,21-24,29,33H,5,8,13-17H2,1H3,(H,30,34)(H,31,35)(H,32,36)(H,37,38). The van der Waals surface area contributed by atoms with Gasteiger partial charge in [0, 0.05) is 12.8 Å². The van der Waals surface area contributed by atoms with Gasteiger partial charge in [-0.25, -0.2) is 4.79 Å². The molecule has 0 saturated carbocycles. The lowest BCUT2D eigenvalue weighted by Crippen LogP contribution is -2.57. The molecule has 4 unspecified atom stereocenters. The van der Waals surface area contributed by atoms with E-state index in [1.165, 1.54) is 23.9 Å². The molecule has 210 valence electrons. The summed E-state index contributed by atoms with van der Waals surface area (Å²) in [6.45, 7) is 0.738. The molecule has 1 saturated heterocycles. The van der Waals surface area contributed by atoms with Crippen molar-refractivity contribution in [2.75, 3.05) is 18.6 Å². The minimum atomic E-state index is -1.21. The predicted octanol–water partition coefficient (Wildman–Crippen LogP) is 1.22. The Morgan fingerprint density at radius 1 is 0.897 bits per heavy atom. The normalized spacial score (nSPS) is 17.0. The summed E-state index contributed by atoms with van der Waals surface area (Å²) in [7, 11) is 0. The molecular weight excluding hydrogens is 520 g/mol. The number of carbonyl (C=O) groups excluding carboxylic acids is 3. The molecule has 3 amide bonds. The Balaban J connectivity index is 1.77. The Labute approximate surface area is 232 Å².